The predicted octanol–water partition coefficient (Wildman–Crippen LogP) is 3.24. The van der Waals surface area contributed by atoms with Gasteiger partial charge in [-0.1, -0.05) is 6.07 Å². The molecule has 2 heterocycles. The molecule has 0 aliphatic heterocycles. The fraction of sp³-hybridized carbons (Fsp3) is 0.200. The summed E-state index contributed by atoms with van der Waals surface area (Å²) in [5.74, 6) is -0.102. The van der Waals surface area contributed by atoms with Gasteiger partial charge in [-0.25, -0.2) is 9.37 Å². The molecule has 1 aromatic carbocycles. The summed E-state index contributed by atoms with van der Waals surface area (Å²) in [5.41, 5.74) is 2.48. The van der Waals surface area contributed by atoms with Gasteiger partial charge in [0.2, 0.25) is 5.91 Å². The van der Waals surface area contributed by atoms with E-state index in [9.17, 15) is 9.18 Å². The van der Waals surface area contributed by atoms with Gasteiger partial charge in [-0.3, -0.25) is 9.48 Å². The third kappa shape index (κ3) is 3.42. The number of rotatable bonds is 4. The zero-order valence-electron chi connectivity index (χ0n) is 14.6. The number of benzene rings is 1. The molecule has 1 aliphatic carbocycles. The zero-order valence-corrected chi connectivity index (χ0v) is 14.6. The molecule has 2 aromatic heterocycles. The van der Waals surface area contributed by atoms with Crippen molar-refractivity contribution >= 4 is 11.7 Å². The van der Waals surface area contributed by atoms with Crippen molar-refractivity contribution < 1.29 is 9.18 Å². The Kier molecular flexibility index (Phi) is 4.16. The maximum Gasteiger partial charge on any atom is 0.229 e. The SMILES string of the molecule is Cn1cc(C2CC2C(=O)Nc2cc(-c3ccc(F)c(C#N)c3)ccn2)cn1. The summed E-state index contributed by atoms with van der Waals surface area (Å²) in [7, 11) is 1.85. The minimum Gasteiger partial charge on any atom is -0.310 e. The number of amides is 1. The lowest BCUT2D eigenvalue weighted by molar-refractivity contribution is -0.117. The maximum absolute atomic E-state index is 13.5. The van der Waals surface area contributed by atoms with Gasteiger partial charge in [0, 0.05) is 25.4 Å². The summed E-state index contributed by atoms with van der Waals surface area (Å²) < 4.78 is 15.2. The normalized spacial score (nSPS) is 18.0. The molecule has 1 saturated carbocycles. The molecule has 4 rings (SSSR count). The van der Waals surface area contributed by atoms with Gasteiger partial charge in [0.15, 0.2) is 0 Å². The van der Waals surface area contributed by atoms with Crippen LogP contribution in [0.5, 0.6) is 0 Å². The molecule has 2 atom stereocenters. The highest BCUT2D eigenvalue weighted by Crippen LogP contribution is 2.47. The van der Waals surface area contributed by atoms with Crippen LogP contribution in [0.25, 0.3) is 11.1 Å². The standard InChI is InChI=1S/C20H16FN5O/c1-26-11-15(10-24-26)16-8-17(16)20(27)25-19-7-13(4-5-23-19)12-2-3-18(21)14(6-12)9-22/h2-7,10-11,16-17H,8H2,1H3,(H,23,25,27). The van der Waals surface area contributed by atoms with Gasteiger partial charge < -0.3 is 5.32 Å². The Labute approximate surface area is 155 Å². The average Bonchev–Trinajstić information content (AvgIpc) is 3.36. The first-order valence-corrected chi connectivity index (χ1v) is 8.50. The number of hydrogen-bond donors (Lipinski definition) is 1. The number of aryl methyl sites for hydroxylation is 1. The monoisotopic (exact) mass is 361 g/mol. The first-order valence-electron chi connectivity index (χ1n) is 8.50. The van der Waals surface area contributed by atoms with Crippen molar-refractivity contribution in [3.63, 3.8) is 0 Å². The van der Waals surface area contributed by atoms with Crippen molar-refractivity contribution in [3.05, 3.63) is 65.9 Å². The molecule has 1 aliphatic rings. The number of aromatic nitrogens is 3. The number of carbonyl (C=O) groups is 1. The lowest BCUT2D eigenvalue weighted by atomic mass is 10.0. The Hall–Kier alpha value is -3.53. The minimum absolute atomic E-state index is 0.0211. The smallest absolute Gasteiger partial charge is 0.229 e. The van der Waals surface area contributed by atoms with Gasteiger partial charge in [0.05, 0.1) is 11.8 Å². The first kappa shape index (κ1) is 16.9. The summed E-state index contributed by atoms with van der Waals surface area (Å²) in [6.45, 7) is 0. The second-order valence-electron chi connectivity index (χ2n) is 6.62. The largest absolute Gasteiger partial charge is 0.310 e. The van der Waals surface area contributed by atoms with Crippen molar-refractivity contribution in [2.45, 2.75) is 12.3 Å². The van der Waals surface area contributed by atoms with Gasteiger partial charge in [-0.05, 0) is 53.3 Å². The molecule has 0 saturated heterocycles. The van der Waals surface area contributed by atoms with Crippen LogP contribution >= 0.6 is 0 Å². The summed E-state index contributed by atoms with van der Waals surface area (Å²) >= 11 is 0. The fourth-order valence-electron chi connectivity index (χ4n) is 3.17. The van der Waals surface area contributed by atoms with E-state index in [-0.39, 0.29) is 23.3 Å². The third-order valence-electron chi connectivity index (χ3n) is 4.71. The number of anilines is 1. The van der Waals surface area contributed by atoms with Crippen LogP contribution in [0.15, 0.2) is 48.9 Å². The second kappa shape index (κ2) is 6.65. The lowest BCUT2D eigenvalue weighted by Gasteiger charge is -2.07. The highest BCUT2D eigenvalue weighted by atomic mass is 19.1. The molecule has 134 valence electrons. The number of pyridine rings is 1. The Morgan fingerprint density at radius 1 is 1.33 bits per heavy atom. The van der Waals surface area contributed by atoms with E-state index in [0.717, 1.165) is 17.5 Å². The molecule has 27 heavy (non-hydrogen) atoms. The van der Waals surface area contributed by atoms with E-state index in [4.69, 9.17) is 5.26 Å². The van der Waals surface area contributed by atoms with Crippen LogP contribution in [0.2, 0.25) is 0 Å². The summed E-state index contributed by atoms with van der Waals surface area (Å²) in [5, 5.41) is 16.0. The highest BCUT2D eigenvalue weighted by molar-refractivity contribution is 5.95. The second-order valence-corrected chi connectivity index (χ2v) is 6.62. The molecule has 1 fully saturated rings. The topological polar surface area (TPSA) is 83.6 Å². The van der Waals surface area contributed by atoms with Crippen LogP contribution in [0.3, 0.4) is 0 Å². The van der Waals surface area contributed by atoms with E-state index in [1.165, 1.54) is 12.1 Å². The van der Waals surface area contributed by atoms with Gasteiger partial charge >= 0.3 is 0 Å². The Morgan fingerprint density at radius 3 is 2.89 bits per heavy atom. The van der Waals surface area contributed by atoms with E-state index in [1.807, 2.05) is 19.3 Å². The molecule has 0 bridgehead atoms. The third-order valence-corrected chi connectivity index (χ3v) is 4.71. The number of carbonyl (C=O) groups excluding carboxylic acids is 1. The van der Waals surface area contributed by atoms with Crippen molar-refractivity contribution in [2.24, 2.45) is 13.0 Å². The number of hydrogen-bond acceptors (Lipinski definition) is 4. The number of nitrogens with zero attached hydrogens (tertiary/aromatic N) is 4. The van der Waals surface area contributed by atoms with Gasteiger partial charge in [-0.2, -0.15) is 10.4 Å². The number of nitriles is 1. The van der Waals surface area contributed by atoms with Crippen molar-refractivity contribution in [2.75, 3.05) is 5.32 Å². The van der Waals surface area contributed by atoms with E-state index >= 15 is 0 Å². The van der Waals surface area contributed by atoms with Crippen LogP contribution in [0.1, 0.15) is 23.5 Å². The quantitative estimate of drug-likeness (QED) is 0.773. The molecule has 7 heteroatoms. The molecular formula is C20H16FN5O. The highest BCUT2D eigenvalue weighted by Gasteiger charge is 2.44. The van der Waals surface area contributed by atoms with Crippen molar-refractivity contribution in [3.8, 4) is 17.2 Å². The van der Waals surface area contributed by atoms with E-state index in [0.29, 0.717) is 11.4 Å². The molecule has 2 unspecified atom stereocenters. The molecule has 6 nitrogen and oxygen atoms in total. The van der Waals surface area contributed by atoms with Gasteiger partial charge in [0.1, 0.15) is 17.7 Å². The predicted molar refractivity (Wildman–Crippen MR) is 97.0 cm³/mol. The first-order chi connectivity index (χ1) is 13.0. The van der Waals surface area contributed by atoms with Gasteiger partial charge in [-0.15, -0.1) is 0 Å². The lowest BCUT2D eigenvalue weighted by Crippen LogP contribution is -2.15. The van der Waals surface area contributed by atoms with Crippen molar-refractivity contribution in [1.82, 2.24) is 14.8 Å². The molecular weight excluding hydrogens is 345 g/mol. The van der Waals surface area contributed by atoms with Crippen LogP contribution in [-0.2, 0) is 11.8 Å². The Morgan fingerprint density at radius 2 is 2.15 bits per heavy atom. The number of nitrogens with one attached hydrogen (secondary N) is 1. The van der Waals surface area contributed by atoms with Crippen LogP contribution < -0.4 is 5.32 Å². The van der Waals surface area contributed by atoms with Crippen molar-refractivity contribution in [1.29, 1.82) is 5.26 Å². The molecule has 0 spiro atoms. The van der Waals surface area contributed by atoms with E-state index in [2.05, 4.69) is 15.4 Å². The summed E-state index contributed by atoms with van der Waals surface area (Å²) in [4.78, 5) is 16.7. The van der Waals surface area contributed by atoms with E-state index in [1.54, 1.807) is 35.3 Å². The van der Waals surface area contributed by atoms with Crippen LogP contribution in [0, 0.1) is 23.1 Å². The minimum atomic E-state index is -0.556. The van der Waals surface area contributed by atoms with Gasteiger partial charge in [0.25, 0.3) is 0 Å². The summed E-state index contributed by atoms with van der Waals surface area (Å²) in [6, 6.07) is 9.63. The maximum atomic E-state index is 13.5. The zero-order chi connectivity index (χ0) is 19.0. The molecule has 0 radical (unpaired) electrons. The number of halogens is 1. The summed E-state index contributed by atoms with van der Waals surface area (Å²) in [6.07, 6.45) is 6.09. The Balaban J connectivity index is 1.49. The van der Waals surface area contributed by atoms with E-state index < -0.39 is 5.82 Å². The average molecular weight is 361 g/mol. The Bertz CT molecular complexity index is 1070. The van der Waals surface area contributed by atoms with Crippen LogP contribution in [0.4, 0.5) is 10.2 Å². The molecule has 1 N–H and O–H groups in total. The fourth-order valence-corrected chi connectivity index (χ4v) is 3.17. The van der Waals surface area contributed by atoms with Crippen LogP contribution in [-0.4, -0.2) is 20.7 Å². The molecule has 1 amide bonds. The molecule has 3 aromatic rings.